The van der Waals surface area contributed by atoms with Crippen molar-refractivity contribution in [3.8, 4) is 0 Å². The van der Waals surface area contributed by atoms with Gasteiger partial charge < -0.3 is 24.4 Å². The summed E-state index contributed by atoms with van der Waals surface area (Å²) in [5, 5.41) is 6.41. The topological polar surface area (TPSA) is 110 Å². The maximum absolute atomic E-state index is 14.8. The molecular formula is C28H35F7N8O3Si. The van der Waals surface area contributed by atoms with Gasteiger partial charge in [-0.3, -0.25) is 9.59 Å². The second-order valence-electron chi connectivity index (χ2n) is 12.4. The number of piperazine rings is 1. The molecule has 1 N–H and O–H groups in total. The minimum Gasteiger partial charge on any atom is -0.379 e. The summed E-state index contributed by atoms with van der Waals surface area (Å²) in [6.07, 6.45) is -6.11. The molecule has 4 rings (SSSR count). The second-order valence-corrected chi connectivity index (χ2v) is 18.0. The van der Waals surface area contributed by atoms with E-state index in [1.165, 1.54) is 18.0 Å². The molecule has 1 aliphatic heterocycles. The van der Waals surface area contributed by atoms with Gasteiger partial charge in [-0.2, -0.15) is 35.8 Å². The van der Waals surface area contributed by atoms with E-state index in [0.717, 1.165) is 22.9 Å². The van der Waals surface area contributed by atoms with E-state index in [2.05, 4.69) is 40.0 Å². The SMILES string of the molecule is C[C@@H](Cn1cc(C(=O)N2CCN(c3ncc(C(F)(F)F)cn3)CC2)cc1F)Nc1cnn(COCC[Si](C)(C)C)c(=O)c1C(F)(F)F. The van der Waals surface area contributed by atoms with Crippen LogP contribution in [-0.2, 0) is 30.4 Å². The molecule has 1 aliphatic rings. The van der Waals surface area contributed by atoms with Crippen molar-refractivity contribution in [1.29, 1.82) is 0 Å². The molecular weight excluding hydrogens is 657 g/mol. The molecule has 19 heteroatoms. The van der Waals surface area contributed by atoms with Gasteiger partial charge in [0.2, 0.25) is 5.95 Å². The fourth-order valence-corrected chi connectivity index (χ4v) is 5.51. The molecule has 1 amide bonds. The van der Waals surface area contributed by atoms with Crippen LogP contribution in [0.4, 0.5) is 42.4 Å². The summed E-state index contributed by atoms with van der Waals surface area (Å²) in [6, 6.07) is 0.928. The smallest absolute Gasteiger partial charge is 0.379 e. The summed E-state index contributed by atoms with van der Waals surface area (Å²) in [5.74, 6) is -1.23. The minimum atomic E-state index is -5.01. The van der Waals surface area contributed by atoms with Gasteiger partial charge in [0.25, 0.3) is 11.5 Å². The van der Waals surface area contributed by atoms with Gasteiger partial charge in [0, 0.05) is 78.1 Å². The zero-order chi connectivity index (χ0) is 34.7. The molecule has 11 nitrogen and oxygen atoms in total. The first kappa shape index (κ1) is 35.8. The molecule has 3 aromatic rings. The molecule has 0 unspecified atom stereocenters. The summed E-state index contributed by atoms with van der Waals surface area (Å²) in [5.41, 5.74) is -4.40. The van der Waals surface area contributed by atoms with Crippen molar-refractivity contribution in [2.45, 2.75) is 64.3 Å². The summed E-state index contributed by atoms with van der Waals surface area (Å²) >= 11 is 0. The highest BCUT2D eigenvalue weighted by molar-refractivity contribution is 6.76. The first-order chi connectivity index (χ1) is 21.8. The number of carbonyl (C=O) groups excluding carboxylic acids is 1. The predicted octanol–water partition coefficient (Wildman–Crippen LogP) is 4.79. The van der Waals surface area contributed by atoms with Crippen LogP contribution in [0.15, 0.2) is 35.6 Å². The summed E-state index contributed by atoms with van der Waals surface area (Å²) < 4.78 is 102. The van der Waals surface area contributed by atoms with Gasteiger partial charge in [-0.15, -0.1) is 0 Å². The Morgan fingerprint density at radius 1 is 1.02 bits per heavy atom. The molecule has 0 saturated carbocycles. The number of ether oxygens (including phenoxy) is 1. The third kappa shape index (κ3) is 9.30. The molecule has 258 valence electrons. The minimum absolute atomic E-state index is 0.00306. The van der Waals surface area contributed by atoms with Crippen molar-refractivity contribution < 1.29 is 40.3 Å². The molecule has 1 fully saturated rings. The first-order valence-corrected chi connectivity index (χ1v) is 18.3. The van der Waals surface area contributed by atoms with Gasteiger partial charge >= 0.3 is 12.4 Å². The summed E-state index contributed by atoms with van der Waals surface area (Å²) in [7, 11) is -1.45. The van der Waals surface area contributed by atoms with Gasteiger partial charge in [0.1, 0.15) is 12.3 Å². The van der Waals surface area contributed by atoms with E-state index in [1.807, 2.05) is 0 Å². The quantitative estimate of drug-likeness (QED) is 0.174. The average molecular weight is 693 g/mol. The Morgan fingerprint density at radius 3 is 2.23 bits per heavy atom. The Kier molecular flexibility index (Phi) is 10.7. The van der Waals surface area contributed by atoms with Crippen LogP contribution in [0.5, 0.6) is 0 Å². The van der Waals surface area contributed by atoms with Crippen LogP contribution in [0.2, 0.25) is 25.7 Å². The number of hydrogen-bond acceptors (Lipinski definition) is 8. The zero-order valence-electron chi connectivity index (χ0n) is 26.1. The van der Waals surface area contributed by atoms with Gasteiger partial charge in [0.05, 0.1) is 23.0 Å². The number of alkyl halides is 6. The number of aromatic nitrogens is 5. The van der Waals surface area contributed by atoms with Gasteiger partial charge in [-0.1, -0.05) is 19.6 Å². The maximum atomic E-state index is 14.8. The number of nitrogens with zero attached hydrogens (tertiary/aromatic N) is 7. The highest BCUT2D eigenvalue weighted by Gasteiger charge is 2.39. The Bertz CT molecular complexity index is 1600. The lowest BCUT2D eigenvalue weighted by molar-refractivity contribution is -0.139. The van der Waals surface area contributed by atoms with Crippen LogP contribution in [-0.4, -0.2) is 82.0 Å². The van der Waals surface area contributed by atoms with Crippen LogP contribution in [0.3, 0.4) is 0 Å². The molecule has 4 heterocycles. The van der Waals surface area contributed by atoms with Crippen LogP contribution in [0.25, 0.3) is 0 Å². The molecule has 0 bridgehead atoms. The van der Waals surface area contributed by atoms with Crippen molar-refractivity contribution >= 4 is 25.6 Å². The van der Waals surface area contributed by atoms with Gasteiger partial charge in [-0.05, 0) is 13.0 Å². The van der Waals surface area contributed by atoms with Gasteiger partial charge in [0.15, 0.2) is 5.95 Å². The molecule has 0 aliphatic carbocycles. The van der Waals surface area contributed by atoms with Crippen LogP contribution in [0.1, 0.15) is 28.4 Å². The van der Waals surface area contributed by atoms with Crippen molar-refractivity contribution in [1.82, 2.24) is 29.2 Å². The van der Waals surface area contributed by atoms with E-state index in [4.69, 9.17) is 4.74 Å². The molecule has 0 radical (unpaired) electrons. The van der Waals surface area contributed by atoms with E-state index < -0.39 is 67.4 Å². The molecule has 1 saturated heterocycles. The number of rotatable bonds is 11. The number of halogens is 7. The fraction of sp³-hybridized carbons (Fsp3) is 0.536. The largest absolute Gasteiger partial charge is 0.423 e. The number of anilines is 2. The third-order valence-corrected chi connectivity index (χ3v) is 9.02. The van der Waals surface area contributed by atoms with E-state index >= 15 is 0 Å². The maximum Gasteiger partial charge on any atom is 0.423 e. The number of nitrogens with one attached hydrogen (secondary N) is 1. The van der Waals surface area contributed by atoms with Gasteiger partial charge in [-0.25, -0.2) is 14.6 Å². The highest BCUT2D eigenvalue weighted by atomic mass is 28.3. The Hall–Kier alpha value is -4.00. The zero-order valence-corrected chi connectivity index (χ0v) is 27.1. The molecule has 3 aromatic heterocycles. The summed E-state index contributed by atoms with van der Waals surface area (Å²) in [6.45, 7) is 8.22. The lowest BCUT2D eigenvalue weighted by Crippen LogP contribution is -2.49. The number of hydrogen-bond donors (Lipinski definition) is 1. The van der Waals surface area contributed by atoms with Crippen LogP contribution >= 0.6 is 0 Å². The average Bonchev–Trinajstić information content (AvgIpc) is 3.33. The Morgan fingerprint density at radius 2 is 1.66 bits per heavy atom. The molecule has 0 spiro atoms. The van der Waals surface area contributed by atoms with Crippen LogP contribution < -0.4 is 15.8 Å². The number of carbonyl (C=O) groups is 1. The molecule has 0 aromatic carbocycles. The lowest BCUT2D eigenvalue weighted by Gasteiger charge is -2.34. The van der Waals surface area contributed by atoms with Crippen molar-refractivity contribution in [3.05, 3.63) is 63.8 Å². The monoisotopic (exact) mass is 692 g/mol. The second kappa shape index (κ2) is 14.0. The van der Waals surface area contributed by atoms with Crippen molar-refractivity contribution in [2.75, 3.05) is 43.0 Å². The number of amides is 1. The van der Waals surface area contributed by atoms with E-state index in [9.17, 15) is 40.3 Å². The fourth-order valence-electron chi connectivity index (χ4n) is 4.76. The van der Waals surface area contributed by atoms with Crippen molar-refractivity contribution in [2.24, 2.45) is 0 Å². The van der Waals surface area contributed by atoms with Crippen LogP contribution in [0, 0.1) is 5.95 Å². The van der Waals surface area contributed by atoms with E-state index in [0.29, 0.717) is 17.1 Å². The van der Waals surface area contributed by atoms with Crippen molar-refractivity contribution in [3.63, 3.8) is 0 Å². The molecule has 1 atom stereocenters. The first-order valence-electron chi connectivity index (χ1n) is 14.6. The Labute approximate surface area is 266 Å². The Balaban J connectivity index is 1.37. The van der Waals surface area contributed by atoms with E-state index in [-0.39, 0.29) is 50.8 Å². The third-order valence-electron chi connectivity index (χ3n) is 7.32. The highest BCUT2D eigenvalue weighted by Crippen LogP contribution is 2.32. The predicted molar refractivity (Wildman–Crippen MR) is 160 cm³/mol. The van der Waals surface area contributed by atoms with E-state index in [1.54, 1.807) is 4.90 Å². The normalized spacial score (nSPS) is 15.2. The lowest BCUT2D eigenvalue weighted by atomic mass is 10.2. The molecule has 47 heavy (non-hydrogen) atoms. The standard InChI is InChI=1S/C28H35F7N8O3Si/c1-18(39-21-14-38-43(17-46-9-10-47(2,3)4)25(45)23(21)28(33,34)35)15-42-16-19(11-22(42)29)24(44)40-5-7-41(8-6-40)26-36-12-20(13-37-26)27(30,31)32/h11-14,16,18,39H,5-10,15,17H2,1-4H3/t18-/m0/s1. The summed E-state index contributed by atoms with van der Waals surface area (Å²) in [4.78, 5) is 36.4.